The van der Waals surface area contributed by atoms with E-state index in [2.05, 4.69) is 10.6 Å². The van der Waals surface area contributed by atoms with E-state index in [0.29, 0.717) is 25.9 Å². The summed E-state index contributed by atoms with van der Waals surface area (Å²) in [7, 11) is 0. The third-order valence-electron chi connectivity index (χ3n) is 3.26. The SMILES string of the molecule is CCC(C)NC(=O)C(=O)NCCCN1CCCC1=O. The summed E-state index contributed by atoms with van der Waals surface area (Å²) in [5, 5.41) is 5.16. The summed E-state index contributed by atoms with van der Waals surface area (Å²) in [6.07, 6.45) is 3.01. The summed E-state index contributed by atoms with van der Waals surface area (Å²) >= 11 is 0. The molecule has 0 bridgehead atoms. The number of rotatable bonds is 6. The Kier molecular flexibility index (Phi) is 6.32. The molecule has 0 spiro atoms. The minimum absolute atomic E-state index is 0.000437. The first kappa shape index (κ1) is 15.5. The van der Waals surface area contributed by atoms with Gasteiger partial charge in [-0.2, -0.15) is 0 Å². The molecule has 1 aliphatic heterocycles. The molecule has 0 aliphatic carbocycles. The second-order valence-electron chi connectivity index (χ2n) is 4.88. The van der Waals surface area contributed by atoms with Gasteiger partial charge in [0.05, 0.1) is 0 Å². The molecule has 1 saturated heterocycles. The van der Waals surface area contributed by atoms with E-state index in [1.807, 2.05) is 13.8 Å². The number of nitrogens with one attached hydrogen (secondary N) is 2. The van der Waals surface area contributed by atoms with Crippen LogP contribution in [-0.2, 0) is 14.4 Å². The molecule has 1 atom stereocenters. The Labute approximate surface area is 113 Å². The molecule has 6 heteroatoms. The molecule has 0 aromatic rings. The number of hydrogen-bond acceptors (Lipinski definition) is 3. The minimum atomic E-state index is -0.604. The van der Waals surface area contributed by atoms with Crippen molar-refractivity contribution in [2.75, 3.05) is 19.6 Å². The van der Waals surface area contributed by atoms with E-state index >= 15 is 0 Å². The van der Waals surface area contributed by atoms with Crippen LogP contribution in [-0.4, -0.2) is 48.3 Å². The normalized spacial score (nSPS) is 16.3. The fourth-order valence-corrected chi connectivity index (χ4v) is 1.88. The van der Waals surface area contributed by atoms with E-state index < -0.39 is 11.8 Å². The highest BCUT2D eigenvalue weighted by molar-refractivity contribution is 6.35. The van der Waals surface area contributed by atoms with Gasteiger partial charge in [-0.15, -0.1) is 0 Å². The predicted molar refractivity (Wildman–Crippen MR) is 71.3 cm³/mol. The van der Waals surface area contributed by atoms with Crippen molar-refractivity contribution in [1.82, 2.24) is 15.5 Å². The number of carbonyl (C=O) groups is 3. The van der Waals surface area contributed by atoms with Gasteiger partial charge in [0.1, 0.15) is 0 Å². The highest BCUT2D eigenvalue weighted by Crippen LogP contribution is 2.09. The maximum Gasteiger partial charge on any atom is 0.309 e. The van der Waals surface area contributed by atoms with Crippen LogP contribution < -0.4 is 10.6 Å². The number of carbonyl (C=O) groups excluding carboxylic acids is 3. The van der Waals surface area contributed by atoms with Crippen LogP contribution in [0.15, 0.2) is 0 Å². The third-order valence-corrected chi connectivity index (χ3v) is 3.26. The van der Waals surface area contributed by atoms with Crippen molar-refractivity contribution in [1.29, 1.82) is 0 Å². The molecule has 0 aromatic carbocycles. The van der Waals surface area contributed by atoms with Crippen LogP contribution >= 0.6 is 0 Å². The monoisotopic (exact) mass is 269 g/mol. The van der Waals surface area contributed by atoms with E-state index in [4.69, 9.17) is 0 Å². The Balaban J connectivity index is 2.13. The predicted octanol–water partition coefficient (Wildman–Crippen LogP) is 0.0298. The average molecular weight is 269 g/mol. The van der Waals surface area contributed by atoms with Gasteiger partial charge in [-0.05, 0) is 26.2 Å². The molecular weight excluding hydrogens is 246 g/mol. The van der Waals surface area contributed by atoms with Gasteiger partial charge in [0, 0.05) is 32.1 Å². The molecule has 1 aliphatic rings. The van der Waals surface area contributed by atoms with Crippen LogP contribution in [0, 0.1) is 0 Å². The zero-order chi connectivity index (χ0) is 14.3. The van der Waals surface area contributed by atoms with Crippen molar-refractivity contribution < 1.29 is 14.4 Å². The summed E-state index contributed by atoms with van der Waals surface area (Å²) in [4.78, 5) is 36.0. The third kappa shape index (κ3) is 5.28. The summed E-state index contributed by atoms with van der Waals surface area (Å²) < 4.78 is 0. The van der Waals surface area contributed by atoms with Gasteiger partial charge in [0.25, 0.3) is 0 Å². The first-order valence-electron chi connectivity index (χ1n) is 6.91. The summed E-state index contributed by atoms with van der Waals surface area (Å²) in [5.41, 5.74) is 0. The lowest BCUT2D eigenvalue weighted by Crippen LogP contribution is -2.44. The Hall–Kier alpha value is -1.59. The van der Waals surface area contributed by atoms with Gasteiger partial charge >= 0.3 is 11.8 Å². The van der Waals surface area contributed by atoms with Crippen LogP contribution in [0.4, 0.5) is 0 Å². The number of likely N-dealkylation sites (tertiary alicyclic amines) is 1. The molecule has 108 valence electrons. The Bertz CT molecular complexity index is 344. The smallest absolute Gasteiger partial charge is 0.309 e. The zero-order valence-electron chi connectivity index (χ0n) is 11.7. The van der Waals surface area contributed by atoms with E-state index in [1.54, 1.807) is 4.90 Å². The summed E-state index contributed by atoms with van der Waals surface area (Å²) in [5.74, 6) is -1.01. The van der Waals surface area contributed by atoms with Crippen LogP contribution in [0.25, 0.3) is 0 Å². The summed E-state index contributed by atoms with van der Waals surface area (Å²) in [6.45, 7) is 5.66. The molecule has 0 aromatic heterocycles. The molecule has 1 unspecified atom stereocenters. The second-order valence-corrected chi connectivity index (χ2v) is 4.88. The van der Waals surface area contributed by atoms with Crippen molar-refractivity contribution in [3.8, 4) is 0 Å². The molecule has 2 N–H and O–H groups in total. The van der Waals surface area contributed by atoms with Gasteiger partial charge < -0.3 is 15.5 Å². The topological polar surface area (TPSA) is 78.5 Å². The maximum atomic E-state index is 11.5. The first-order valence-corrected chi connectivity index (χ1v) is 6.91. The van der Waals surface area contributed by atoms with E-state index in [1.165, 1.54) is 0 Å². The second kappa shape index (κ2) is 7.76. The average Bonchev–Trinajstić information content (AvgIpc) is 2.79. The molecule has 1 fully saturated rings. The summed E-state index contributed by atoms with van der Waals surface area (Å²) in [6, 6.07) is 0.000437. The van der Waals surface area contributed by atoms with E-state index in [0.717, 1.165) is 19.4 Å². The molecule has 0 radical (unpaired) electrons. The first-order chi connectivity index (χ1) is 9.04. The molecule has 1 rings (SSSR count). The van der Waals surface area contributed by atoms with Crippen LogP contribution in [0.1, 0.15) is 39.5 Å². The Morgan fingerprint density at radius 1 is 1.37 bits per heavy atom. The van der Waals surface area contributed by atoms with Crippen molar-refractivity contribution in [3.05, 3.63) is 0 Å². The van der Waals surface area contributed by atoms with E-state index in [9.17, 15) is 14.4 Å². The lowest BCUT2D eigenvalue weighted by molar-refractivity contribution is -0.139. The molecule has 0 saturated carbocycles. The quantitative estimate of drug-likeness (QED) is 0.527. The van der Waals surface area contributed by atoms with E-state index in [-0.39, 0.29) is 11.9 Å². The lowest BCUT2D eigenvalue weighted by Gasteiger charge is -2.15. The molecule has 19 heavy (non-hydrogen) atoms. The van der Waals surface area contributed by atoms with Gasteiger partial charge in [0.15, 0.2) is 0 Å². The van der Waals surface area contributed by atoms with Crippen molar-refractivity contribution in [3.63, 3.8) is 0 Å². The highest BCUT2D eigenvalue weighted by atomic mass is 16.2. The fraction of sp³-hybridized carbons (Fsp3) is 0.769. The zero-order valence-corrected chi connectivity index (χ0v) is 11.7. The van der Waals surface area contributed by atoms with Crippen molar-refractivity contribution in [2.45, 2.75) is 45.6 Å². The standard InChI is InChI=1S/C13H23N3O3/c1-3-10(2)15-13(19)12(18)14-7-5-9-16-8-4-6-11(16)17/h10H,3-9H2,1-2H3,(H,14,18)(H,15,19). The van der Waals surface area contributed by atoms with Gasteiger partial charge in [-0.3, -0.25) is 14.4 Å². The Morgan fingerprint density at radius 3 is 2.68 bits per heavy atom. The van der Waals surface area contributed by atoms with Crippen LogP contribution in [0.2, 0.25) is 0 Å². The van der Waals surface area contributed by atoms with Crippen LogP contribution in [0.5, 0.6) is 0 Å². The van der Waals surface area contributed by atoms with Gasteiger partial charge in [0.2, 0.25) is 5.91 Å². The molecule has 3 amide bonds. The number of hydrogen-bond donors (Lipinski definition) is 2. The lowest BCUT2D eigenvalue weighted by atomic mass is 10.2. The molecule has 6 nitrogen and oxygen atoms in total. The largest absolute Gasteiger partial charge is 0.348 e. The fourth-order valence-electron chi connectivity index (χ4n) is 1.88. The van der Waals surface area contributed by atoms with Gasteiger partial charge in [-0.25, -0.2) is 0 Å². The van der Waals surface area contributed by atoms with Crippen molar-refractivity contribution in [2.24, 2.45) is 0 Å². The number of amides is 3. The Morgan fingerprint density at radius 2 is 2.11 bits per heavy atom. The number of nitrogens with zero attached hydrogens (tertiary/aromatic N) is 1. The molecular formula is C13H23N3O3. The van der Waals surface area contributed by atoms with Crippen molar-refractivity contribution >= 4 is 17.7 Å². The van der Waals surface area contributed by atoms with Crippen LogP contribution in [0.3, 0.4) is 0 Å². The molecule has 1 heterocycles. The van der Waals surface area contributed by atoms with Gasteiger partial charge in [-0.1, -0.05) is 6.92 Å². The maximum absolute atomic E-state index is 11.5. The highest BCUT2D eigenvalue weighted by Gasteiger charge is 2.19. The minimum Gasteiger partial charge on any atom is -0.348 e.